The molecule has 5 atom stereocenters. The molecule has 1 aromatic heterocycles. The van der Waals surface area contributed by atoms with Gasteiger partial charge in [-0.1, -0.05) is 26.7 Å². The fourth-order valence-electron chi connectivity index (χ4n) is 8.02. The SMILES string of the molecule is CCOc1cc(O[C@@H]2C[C@@H](C(=O)OC)N(C(=O)OC(C)(C)C)C2)c2cc(C3CC3CC(C)(C)COC(=O)N[C@H](C(=O)OC(C)(C)C)C3CCCC3)c(OC)cc2n1. The number of alkyl carbamates (subject to hydrolysis) is 1. The first-order valence-electron chi connectivity index (χ1n) is 20.3. The lowest BCUT2D eigenvalue weighted by atomic mass is 9.87. The van der Waals surface area contributed by atoms with Crippen LogP contribution in [0.25, 0.3) is 10.9 Å². The molecule has 316 valence electrons. The van der Waals surface area contributed by atoms with Gasteiger partial charge in [0.05, 0.1) is 39.5 Å². The average molecular weight is 798 g/mol. The Morgan fingerprint density at radius 3 is 2.21 bits per heavy atom. The summed E-state index contributed by atoms with van der Waals surface area (Å²) in [5, 5.41) is 3.57. The van der Waals surface area contributed by atoms with Gasteiger partial charge in [0.15, 0.2) is 0 Å². The number of carbonyl (C=O) groups is 4. The number of benzene rings is 1. The lowest BCUT2D eigenvalue weighted by Crippen LogP contribution is -2.48. The summed E-state index contributed by atoms with van der Waals surface area (Å²) < 4.78 is 40.3. The third kappa shape index (κ3) is 11.6. The zero-order chi connectivity index (χ0) is 41.9. The van der Waals surface area contributed by atoms with Gasteiger partial charge >= 0.3 is 24.1 Å². The number of nitrogens with zero attached hydrogens (tertiary/aromatic N) is 2. The van der Waals surface area contributed by atoms with E-state index < -0.39 is 53.5 Å². The minimum Gasteiger partial charge on any atom is -0.496 e. The Morgan fingerprint density at radius 2 is 1.60 bits per heavy atom. The zero-order valence-corrected chi connectivity index (χ0v) is 35.7. The van der Waals surface area contributed by atoms with Gasteiger partial charge in [0, 0.05) is 23.9 Å². The smallest absolute Gasteiger partial charge is 0.411 e. The molecule has 5 rings (SSSR count). The first kappa shape index (κ1) is 43.6. The van der Waals surface area contributed by atoms with Crippen LogP contribution in [0.5, 0.6) is 17.4 Å². The summed E-state index contributed by atoms with van der Waals surface area (Å²) in [6, 6.07) is 4.07. The molecule has 14 nitrogen and oxygen atoms in total. The number of methoxy groups -OCH3 is 2. The summed E-state index contributed by atoms with van der Waals surface area (Å²) in [5.74, 6) is 1.10. The van der Waals surface area contributed by atoms with Gasteiger partial charge in [0.1, 0.15) is 40.9 Å². The Bertz CT molecular complexity index is 1780. The van der Waals surface area contributed by atoms with E-state index in [1.54, 1.807) is 33.9 Å². The van der Waals surface area contributed by atoms with E-state index in [-0.39, 0.29) is 36.8 Å². The number of rotatable bonds is 14. The van der Waals surface area contributed by atoms with Crippen molar-refractivity contribution in [2.45, 2.75) is 143 Å². The Morgan fingerprint density at radius 1 is 0.912 bits per heavy atom. The van der Waals surface area contributed by atoms with Crippen LogP contribution in [0.3, 0.4) is 0 Å². The number of carbonyl (C=O) groups excluding carboxylic acids is 4. The van der Waals surface area contributed by atoms with E-state index in [2.05, 4.69) is 19.2 Å². The predicted octanol–water partition coefficient (Wildman–Crippen LogP) is 7.72. The number of nitrogens with one attached hydrogen (secondary N) is 1. The average Bonchev–Trinajstić information content (AvgIpc) is 3.45. The lowest BCUT2D eigenvalue weighted by Gasteiger charge is -2.29. The van der Waals surface area contributed by atoms with Gasteiger partial charge in [-0.25, -0.2) is 24.2 Å². The Labute approximate surface area is 336 Å². The van der Waals surface area contributed by atoms with Crippen molar-refractivity contribution in [2.75, 3.05) is 34.0 Å². The molecule has 14 heteroatoms. The van der Waals surface area contributed by atoms with Crippen molar-refractivity contribution < 1.29 is 52.3 Å². The Kier molecular flexibility index (Phi) is 13.4. The van der Waals surface area contributed by atoms with Crippen LogP contribution < -0.4 is 19.5 Å². The van der Waals surface area contributed by atoms with E-state index in [1.165, 1.54) is 12.0 Å². The molecule has 57 heavy (non-hydrogen) atoms. The molecule has 2 aliphatic carbocycles. The first-order chi connectivity index (χ1) is 26.7. The van der Waals surface area contributed by atoms with Crippen LogP contribution in [0.4, 0.5) is 9.59 Å². The van der Waals surface area contributed by atoms with E-state index in [4.69, 9.17) is 38.1 Å². The molecule has 1 aromatic carbocycles. The summed E-state index contributed by atoms with van der Waals surface area (Å²) in [5.41, 5.74) is -0.145. The van der Waals surface area contributed by atoms with Crippen LogP contribution in [0, 0.1) is 17.3 Å². The molecule has 1 N–H and O–H groups in total. The highest BCUT2D eigenvalue weighted by Gasteiger charge is 2.45. The highest BCUT2D eigenvalue weighted by molar-refractivity contribution is 5.89. The third-order valence-electron chi connectivity index (χ3n) is 10.6. The molecule has 3 aliphatic rings. The van der Waals surface area contributed by atoms with Crippen molar-refractivity contribution >= 4 is 35.0 Å². The summed E-state index contributed by atoms with van der Waals surface area (Å²) >= 11 is 0. The highest BCUT2D eigenvalue weighted by Crippen LogP contribution is 2.56. The summed E-state index contributed by atoms with van der Waals surface area (Å²) in [7, 11) is 2.93. The second-order valence-electron chi connectivity index (χ2n) is 18.4. The second kappa shape index (κ2) is 17.6. The van der Waals surface area contributed by atoms with Gasteiger partial charge in [0.25, 0.3) is 0 Å². The molecule has 2 heterocycles. The van der Waals surface area contributed by atoms with Crippen molar-refractivity contribution in [1.29, 1.82) is 0 Å². The van der Waals surface area contributed by atoms with Gasteiger partial charge in [-0.15, -0.1) is 0 Å². The fourth-order valence-corrected chi connectivity index (χ4v) is 8.02. The number of hydrogen-bond acceptors (Lipinski definition) is 12. The monoisotopic (exact) mass is 797 g/mol. The van der Waals surface area contributed by atoms with Crippen LogP contribution in [0.2, 0.25) is 0 Å². The standard InChI is InChI=1S/C43H63N3O11/c1-12-53-35-21-34(55-27-18-32(37(47)52-11)46(23-27)40(50)57-42(5,6)7)30-19-29(33(51-10)20-31(30)44-35)28-17-26(28)22-43(8,9)24-54-39(49)45-36(25-15-13-14-16-25)38(48)56-41(2,3)4/h19-21,25-28,32,36H,12-18,22-24H2,1-11H3,(H,45,49)/t26?,27-,28?,32+,36+/m1/s1. The zero-order valence-electron chi connectivity index (χ0n) is 35.7. The van der Waals surface area contributed by atoms with Crippen LogP contribution in [0.15, 0.2) is 18.2 Å². The molecule has 3 fully saturated rings. The maximum atomic E-state index is 13.2. The van der Waals surface area contributed by atoms with Crippen molar-refractivity contribution in [1.82, 2.24) is 15.2 Å². The minimum atomic E-state index is -0.866. The largest absolute Gasteiger partial charge is 0.496 e. The lowest BCUT2D eigenvalue weighted by molar-refractivity contribution is -0.159. The summed E-state index contributed by atoms with van der Waals surface area (Å²) in [6.45, 7) is 17.5. The molecule has 2 amide bonds. The number of aromatic nitrogens is 1. The van der Waals surface area contributed by atoms with Crippen molar-refractivity contribution in [3.8, 4) is 17.4 Å². The quantitative estimate of drug-likeness (QED) is 0.147. The number of amides is 2. The predicted molar refractivity (Wildman–Crippen MR) is 213 cm³/mol. The van der Waals surface area contributed by atoms with Crippen LogP contribution in [-0.4, -0.2) is 97.4 Å². The first-order valence-corrected chi connectivity index (χ1v) is 20.3. The molecule has 1 saturated heterocycles. The number of hydrogen-bond donors (Lipinski definition) is 1. The normalized spacial score (nSPS) is 21.8. The Balaban J connectivity index is 1.30. The van der Waals surface area contributed by atoms with Gasteiger partial charge < -0.3 is 38.5 Å². The molecular formula is C43H63N3O11. The second-order valence-corrected chi connectivity index (χ2v) is 18.4. The third-order valence-corrected chi connectivity index (χ3v) is 10.6. The van der Waals surface area contributed by atoms with Gasteiger partial charge in [0.2, 0.25) is 5.88 Å². The molecule has 1 aliphatic heterocycles. The van der Waals surface area contributed by atoms with Crippen molar-refractivity contribution in [2.24, 2.45) is 17.3 Å². The van der Waals surface area contributed by atoms with E-state index in [0.717, 1.165) is 49.5 Å². The summed E-state index contributed by atoms with van der Waals surface area (Å²) in [4.78, 5) is 58.2. The van der Waals surface area contributed by atoms with E-state index in [1.807, 2.05) is 39.8 Å². The molecule has 2 saturated carbocycles. The molecule has 2 aromatic rings. The molecular weight excluding hydrogens is 734 g/mol. The number of pyridine rings is 1. The van der Waals surface area contributed by atoms with Crippen LogP contribution in [-0.2, 0) is 28.5 Å². The van der Waals surface area contributed by atoms with Gasteiger partial charge in [-0.2, -0.15) is 0 Å². The summed E-state index contributed by atoms with van der Waals surface area (Å²) in [6.07, 6.45) is 3.88. The van der Waals surface area contributed by atoms with Crippen LogP contribution in [0.1, 0.15) is 119 Å². The maximum Gasteiger partial charge on any atom is 0.411 e. The van der Waals surface area contributed by atoms with E-state index in [0.29, 0.717) is 35.4 Å². The van der Waals surface area contributed by atoms with Crippen LogP contribution >= 0.6 is 0 Å². The number of fused-ring (bicyclic) bond motifs is 1. The topological polar surface area (TPSA) is 161 Å². The fraction of sp³-hybridized carbons (Fsp3) is 0.698. The maximum absolute atomic E-state index is 13.2. The van der Waals surface area contributed by atoms with E-state index in [9.17, 15) is 19.2 Å². The van der Waals surface area contributed by atoms with E-state index >= 15 is 0 Å². The minimum absolute atomic E-state index is 0.0262. The number of esters is 2. The molecule has 2 unspecified atom stereocenters. The molecule has 0 spiro atoms. The van der Waals surface area contributed by atoms with Gasteiger partial charge in [-0.3, -0.25) is 4.90 Å². The number of likely N-dealkylation sites (tertiary alicyclic amines) is 1. The molecule has 0 bridgehead atoms. The van der Waals surface area contributed by atoms with Gasteiger partial charge in [-0.05, 0) is 109 Å². The van der Waals surface area contributed by atoms with Crippen molar-refractivity contribution in [3.63, 3.8) is 0 Å². The Hall–Kier alpha value is -4.49. The van der Waals surface area contributed by atoms with Crippen molar-refractivity contribution in [3.05, 3.63) is 23.8 Å². The highest BCUT2D eigenvalue weighted by atomic mass is 16.6. The number of ether oxygens (including phenoxy) is 7. The molecule has 0 radical (unpaired) electrons.